The van der Waals surface area contributed by atoms with Crippen LogP contribution >= 0.6 is 0 Å². The fourth-order valence-electron chi connectivity index (χ4n) is 4.09. The van der Waals surface area contributed by atoms with Gasteiger partial charge in [-0.05, 0) is 25.0 Å². The molecule has 1 aromatic rings. The van der Waals surface area contributed by atoms with Gasteiger partial charge in [-0.1, -0.05) is 5.92 Å². The monoisotopic (exact) mass is 365 g/mol. The lowest BCUT2D eigenvalue weighted by Gasteiger charge is -2.33. The maximum atomic E-state index is 13.0. The van der Waals surface area contributed by atoms with Crippen LogP contribution in [0.2, 0.25) is 0 Å². The molecule has 0 aromatic carbocycles. The van der Waals surface area contributed by atoms with Crippen LogP contribution in [-0.2, 0) is 9.53 Å². The van der Waals surface area contributed by atoms with E-state index in [4.69, 9.17) is 16.4 Å². The van der Waals surface area contributed by atoms with Gasteiger partial charge in [-0.25, -0.2) is 19.5 Å². The lowest BCUT2D eigenvalue weighted by atomic mass is 10.1. The van der Waals surface area contributed by atoms with E-state index in [0.717, 1.165) is 4.90 Å². The van der Waals surface area contributed by atoms with Gasteiger partial charge >= 0.3 is 12.1 Å². The number of terminal acetylenes is 1. The third-order valence-corrected chi connectivity index (χ3v) is 5.21. The number of hydrogen-bond donors (Lipinski definition) is 0. The first-order valence-electron chi connectivity index (χ1n) is 8.37. The van der Waals surface area contributed by atoms with Crippen molar-refractivity contribution in [2.75, 3.05) is 18.1 Å². The van der Waals surface area contributed by atoms with Crippen molar-refractivity contribution in [3.05, 3.63) is 23.5 Å². The Morgan fingerprint density at radius 3 is 2.93 bits per heavy atom. The Labute approximate surface area is 155 Å². The zero-order chi connectivity index (χ0) is 19.3. The quantitative estimate of drug-likeness (QED) is 0.562. The van der Waals surface area contributed by atoms with E-state index in [1.807, 2.05) is 6.07 Å². The number of hydrogen-bond acceptors (Lipinski definition) is 6. The van der Waals surface area contributed by atoms with Gasteiger partial charge in [0, 0.05) is 6.54 Å². The lowest BCUT2D eigenvalue weighted by molar-refractivity contribution is -0.121. The van der Waals surface area contributed by atoms with Crippen LogP contribution in [0.1, 0.15) is 17.7 Å². The van der Waals surface area contributed by atoms with Crippen LogP contribution in [0.15, 0.2) is 12.3 Å². The van der Waals surface area contributed by atoms with Crippen LogP contribution in [0.25, 0.3) is 0 Å². The minimum Gasteiger partial charge on any atom is -0.436 e. The summed E-state index contributed by atoms with van der Waals surface area (Å²) in [4.78, 5) is 46.1. The molecule has 3 aliphatic rings. The second-order valence-electron chi connectivity index (χ2n) is 6.65. The van der Waals surface area contributed by atoms with Crippen molar-refractivity contribution in [2.24, 2.45) is 0 Å². The molecule has 3 aliphatic heterocycles. The summed E-state index contributed by atoms with van der Waals surface area (Å²) >= 11 is 0. The minimum atomic E-state index is -0.745. The zero-order valence-corrected chi connectivity index (χ0v) is 14.5. The number of urea groups is 1. The first-order valence-corrected chi connectivity index (χ1v) is 8.37. The molecule has 0 spiro atoms. The van der Waals surface area contributed by atoms with Crippen molar-refractivity contribution in [3.8, 4) is 18.4 Å². The average Bonchev–Trinajstić information content (AvgIpc) is 3.31. The van der Waals surface area contributed by atoms with Crippen LogP contribution in [-0.4, -0.2) is 64.1 Å². The molecule has 2 unspecified atom stereocenters. The highest BCUT2D eigenvalue weighted by atomic mass is 16.6. The molecule has 3 saturated heterocycles. The Hall–Kier alpha value is -3.59. The Morgan fingerprint density at radius 1 is 1.48 bits per heavy atom. The zero-order valence-electron chi connectivity index (χ0n) is 14.5. The Bertz CT molecular complexity index is 946. The van der Waals surface area contributed by atoms with E-state index in [9.17, 15) is 14.4 Å². The second-order valence-corrected chi connectivity index (χ2v) is 6.65. The fraction of sp³-hybridized carbons (Fsp3) is 0.389. The number of amides is 4. The second kappa shape index (κ2) is 5.99. The first-order chi connectivity index (χ1) is 13.0. The van der Waals surface area contributed by atoms with Crippen LogP contribution in [0.4, 0.5) is 15.3 Å². The number of fused-ring (bicyclic) bond motifs is 5. The summed E-state index contributed by atoms with van der Waals surface area (Å²) in [6.07, 6.45) is 6.40. The number of imide groups is 1. The number of ether oxygens (including phenoxy) is 1. The molecule has 4 heterocycles. The van der Waals surface area contributed by atoms with Crippen molar-refractivity contribution in [3.63, 3.8) is 0 Å². The van der Waals surface area contributed by atoms with E-state index >= 15 is 0 Å². The number of rotatable bonds is 2. The summed E-state index contributed by atoms with van der Waals surface area (Å²) in [6, 6.07) is 1.69. The molecule has 2 bridgehead atoms. The number of aromatic nitrogens is 1. The smallest absolute Gasteiger partial charge is 0.411 e. The molecular weight excluding hydrogens is 350 g/mol. The Balaban J connectivity index is 1.61. The maximum absolute atomic E-state index is 13.0. The van der Waals surface area contributed by atoms with Crippen LogP contribution in [0.3, 0.4) is 0 Å². The number of pyridine rings is 1. The van der Waals surface area contributed by atoms with E-state index in [1.54, 1.807) is 13.0 Å². The van der Waals surface area contributed by atoms with Crippen molar-refractivity contribution < 1.29 is 19.1 Å². The molecule has 4 amide bonds. The molecule has 4 rings (SSSR count). The molecule has 27 heavy (non-hydrogen) atoms. The predicted octanol–water partition coefficient (Wildman–Crippen LogP) is 0.625. The van der Waals surface area contributed by atoms with Gasteiger partial charge in [0.15, 0.2) is 6.61 Å². The predicted molar refractivity (Wildman–Crippen MR) is 91.3 cm³/mol. The van der Waals surface area contributed by atoms with E-state index in [1.165, 1.54) is 16.0 Å². The van der Waals surface area contributed by atoms with Crippen molar-refractivity contribution in [2.45, 2.75) is 31.5 Å². The van der Waals surface area contributed by atoms with Crippen LogP contribution in [0, 0.1) is 30.6 Å². The number of aryl methyl sites for hydroxylation is 1. The van der Waals surface area contributed by atoms with Gasteiger partial charge in [0.1, 0.15) is 17.8 Å². The third-order valence-electron chi connectivity index (χ3n) is 5.21. The molecule has 0 aliphatic carbocycles. The molecule has 1 aromatic heterocycles. The van der Waals surface area contributed by atoms with Gasteiger partial charge in [0.05, 0.1) is 24.0 Å². The number of anilines is 1. The summed E-state index contributed by atoms with van der Waals surface area (Å²) < 4.78 is 4.97. The highest BCUT2D eigenvalue weighted by Gasteiger charge is 2.63. The molecule has 3 atom stereocenters. The molecular formula is C18H15N5O4. The topological polar surface area (TPSA) is 107 Å². The third kappa shape index (κ3) is 2.32. The van der Waals surface area contributed by atoms with Crippen LogP contribution in [0.5, 0.6) is 0 Å². The lowest BCUT2D eigenvalue weighted by Crippen LogP contribution is -2.55. The number of piperazine rings is 1. The summed E-state index contributed by atoms with van der Waals surface area (Å²) in [5, 5.41) is 9.00. The molecule has 3 fully saturated rings. The Kier molecular flexibility index (Phi) is 3.74. The van der Waals surface area contributed by atoms with Gasteiger partial charge < -0.3 is 14.5 Å². The highest BCUT2D eigenvalue weighted by molar-refractivity contribution is 6.22. The van der Waals surface area contributed by atoms with Gasteiger partial charge in [-0.3, -0.25) is 4.79 Å². The number of carbonyl (C=O) groups is 3. The minimum absolute atomic E-state index is 0.143. The maximum Gasteiger partial charge on any atom is 0.411 e. The largest absolute Gasteiger partial charge is 0.436 e. The van der Waals surface area contributed by atoms with E-state index in [0.29, 0.717) is 24.2 Å². The SMILES string of the molecule is C#CCOC(=O)N1C[C@H]2CC1C1C(=O)N(c3cnc(C#N)c(C)c3)C(=O)N12. The van der Waals surface area contributed by atoms with Crippen LogP contribution < -0.4 is 4.90 Å². The van der Waals surface area contributed by atoms with Gasteiger partial charge in [-0.15, -0.1) is 6.42 Å². The van der Waals surface area contributed by atoms with Crippen molar-refractivity contribution in [1.82, 2.24) is 14.8 Å². The van der Waals surface area contributed by atoms with Gasteiger partial charge in [-0.2, -0.15) is 5.26 Å². The van der Waals surface area contributed by atoms with E-state index in [2.05, 4.69) is 10.9 Å². The standard InChI is InChI=1S/C18H15N5O4/c1-3-4-27-18(26)21-9-12-6-14(21)15-16(24)23(17(25)22(12)15)11-5-10(2)13(7-19)20-8-11/h1,5,8,12,14-15H,4,6,9H2,2H3/t12-,14?,15?/m1/s1. The molecule has 0 radical (unpaired) electrons. The Morgan fingerprint density at radius 2 is 2.26 bits per heavy atom. The van der Waals surface area contributed by atoms with Gasteiger partial charge in [0.25, 0.3) is 5.91 Å². The molecule has 136 valence electrons. The summed E-state index contributed by atoms with van der Waals surface area (Å²) in [5.41, 5.74) is 1.13. The highest BCUT2D eigenvalue weighted by Crippen LogP contribution is 2.42. The van der Waals surface area contributed by atoms with Crippen molar-refractivity contribution in [1.29, 1.82) is 5.26 Å². The number of carbonyl (C=O) groups excluding carboxylic acids is 3. The van der Waals surface area contributed by atoms with E-state index in [-0.39, 0.29) is 18.3 Å². The number of nitriles is 1. The van der Waals surface area contributed by atoms with E-state index < -0.39 is 30.1 Å². The molecule has 0 saturated carbocycles. The normalized spacial score (nSPS) is 25.4. The fourth-order valence-corrected chi connectivity index (χ4v) is 4.09. The van der Waals surface area contributed by atoms with Gasteiger partial charge in [0.2, 0.25) is 0 Å². The molecule has 9 heteroatoms. The molecule has 9 nitrogen and oxygen atoms in total. The number of nitrogens with zero attached hydrogens (tertiary/aromatic N) is 5. The summed E-state index contributed by atoms with van der Waals surface area (Å²) in [7, 11) is 0. The summed E-state index contributed by atoms with van der Waals surface area (Å²) in [5.74, 6) is 1.82. The first kappa shape index (κ1) is 16.9. The summed E-state index contributed by atoms with van der Waals surface area (Å²) in [6.45, 7) is 1.85. The van der Waals surface area contributed by atoms with Crippen molar-refractivity contribution >= 4 is 23.7 Å². The molecule has 0 N–H and O–H groups in total. The average molecular weight is 365 g/mol. The number of likely N-dealkylation sites (tertiary alicyclic amines) is 1.